The molecule has 110 valence electrons. The molecule has 0 radical (unpaired) electrons. The number of nitrogens with one attached hydrogen (secondary N) is 1. The van der Waals surface area contributed by atoms with Crippen LogP contribution in [0.5, 0.6) is 0 Å². The minimum Gasteiger partial charge on any atom is -0.309 e. The van der Waals surface area contributed by atoms with Gasteiger partial charge in [0.25, 0.3) is 0 Å². The number of hydrogen-bond acceptors (Lipinski definition) is 1. The summed E-state index contributed by atoms with van der Waals surface area (Å²) in [5, 5.41) is 3.37. The average molecular weight is 395 g/mol. The van der Waals surface area contributed by atoms with Crippen molar-refractivity contribution in [1.29, 1.82) is 0 Å². The minimum atomic E-state index is -0.179. The van der Waals surface area contributed by atoms with Gasteiger partial charge in [-0.3, -0.25) is 0 Å². The van der Waals surface area contributed by atoms with E-state index in [0.717, 1.165) is 15.1 Å². The van der Waals surface area contributed by atoms with Crippen molar-refractivity contribution in [2.45, 2.75) is 31.2 Å². The first-order chi connectivity index (χ1) is 10.2. The molecule has 0 amide bonds. The maximum atomic E-state index is 13.3. The van der Waals surface area contributed by atoms with Crippen molar-refractivity contribution >= 4 is 22.6 Å². The van der Waals surface area contributed by atoms with Gasteiger partial charge in [0.2, 0.25) is 0 Å². The first-order valence-electron chi connectivity index (χ1n) is 7.41. The van der Waals surface area contributed by atoms with Crippen molar-refractivity contribution < 1.29 is 4.39 Å². The Labute approximate surface area is 139 Å². The molecule has 0 spiro atoms. The monoisotopic (exact) mass is 395 g/mol. The van der Waals surface area contributed by atoms with E-state index in [1.807, 2.05) is 13.1 Å². The van der Waals surface area contributed by atoms with E-state index in [9.17, 15) is 4.39 Å². The van der Waals surface area contributed by atoms with Gasteiger partial charge in [-0.2, -0.15) is 0 Å². The fourth-order valence-corrected chi connectivity index (χ4v) is 3.76. The van der Waals surface area contributed by atoms with Crippen LogP contribution >= 0.6 is 22.6 Å². The van der Waals surface area contributed by atoms with Crippen molar-refractivity contribution in [1.82, 2.24) is 5.32 Å². The molecule has 0 aromatic heterocycles. The molecule has 3 heteroatoms. The molecule has 1 N–H and O–H groups in total. The average Bonchev–Trinajstić information content (AvgIpc) is 2.40. The molecule has 3 rings (SSSR count). The largest absolute Gasteiger partial charge is 0.309 e. The third kappa shape index (κ3) is 3.14. The summed E-state index contributed by atoms with van der Waals surface area (Å²) in [5.41, 5.74) is 3.83. The van der Waals surface area contributed by atoms with Crippen molar-refractivity contribution in [2.75, 3.05) is 7.05 Å². The molecular weight excluding hydrogens is 376 g/mol. The van der Waals surface area contributed by atoms with Gasteiger partial charge in [-0.1, -0.05) is 36.8 Å². The Morgan fingerprint density at radius 1 is 1.19 bits per heavy atom. The van der Waals surface area contributed by atoms with Gasteiger partial charge < -0.3 is 5.32 Å². The Morgan fingerprint density at radius 3 is 2.62 bits per heavy atom. The van der Waals surface area contributed by atoms with E-state index in [1.165, 1.54) is 36.5 Å². The number of halogens is 2. The number of hydrogen-bond donors (Lipinski definition) is 1. The highest BCUT2D eigenvalue weighted by molar-refractivity contribution is 14.1. The molecule has 1 atom stereocenters. The van der Waals surface area contributed by atoms with E-state index in [2.05, 4.69) is 52.2 Å². The van der Waals surface area contributed by atoms with Gasteiger partial charge in [0.05, 0.1) is 6.04 Å². The molecule has 21 heavy (non-hydrogen) atoms. The fourth-order valence-electron chi connectivity index (χ4n) is 2.97. The lowest BCUT2D eigenvalue weighted by atomic mass is 9.79. The zero-order valence-corrected chi connectivity index (χ0v) is 14.2. The van der Waals surface area contributed by atoms with Crippen molar-refractivity contribution in [3.8, 4) is 0 Å². The van der Waals surface area contributed by atoms with E-state index in [1.54, 1.807) is 6.07 Å². The van der Waals surface area contributed by atoms with Crippen LogP contribution in [0.3, 0.4) is 0 Å². The van der Waals surface area contributed by atoms with E-state index >= 15 is 0 Å². The SMILES string of the molecule is CNC(c1cccc(C2CCC2)c1)c1ccc(F)cc1I. The highest BCUT2D eigenvalue weighted by atomic mass is 127. The molecule has 1 unspecified atom stereocenters. The van der Waals surface area contributed by atoms with Crippen LogP contribution in [0.4, 0.5) is 4.39 Å². The van der Waals surface area contributed by atoms with Gasteiger partial charge in [-0.15, -0.1) is 0 Å². The Morgan fingerprint density at radius 2 is 2.00 bits per heavy atom. The van der Waals surface area contributed by atoms with Gasteiger partial charge in [-0.05, 0) is 77.2 Å². The quantitative estimate of drug-likeness (QED) is 0.718. The Kier molecular flexibility index (Phi) is 4.60. The summed E-state index contributed by atoms with van der Waals surface area (Å²) in [5.74, 6) is 0.552. The smallest absolute Gasteiger partial charge is 0.124 e. The summed E-state index contributed by atoms with van der Waals surface area (Å²) in [4.78, 5) is 0. The van der Waals surface area contributed by atoms with Crippen LogP contribution in [-0.2, 0) is 0 Å². The van der Waals surface area contributed by atoms with Crippen LogP contribution in [0, 0.1) is 9.39 Å². The zero-order chi connectivity index (χ0) is 14.8. The van der Waals surface area contributed by atoms with Gasteiger partial charge in [-0.25, -0.2) is 4.39 Å². The second-order valence-electron chi connectivity index (χ2n) is 5.69. The maximum Gasteiger partial charge on any atom is 0.124 e. The molecule has 0 aliphatic heterocycles. The Hall–Kier alpha value is -0.940. The highest BCUT2D eigenvalue weighted by Crippen LogP contribution is 2.37. The van der Waals surface area contributed by atoms with E-state index < -0.39 is 0 Å². The van der Waals surface area contributed by atoms with Gasteiger partial charge >= 0.3 is 0 Å². The number of benzene rings is 2. The topological polar surface area (TPSA) is 12.0 Å². The van der Waals surface area contributed by atoms with Crippen molar-refractivity contribution in [2.24, 2.45) is 0 Å². The van der Waals surface area contributed by atoms with E-state index in [-0.39, 0.29) is 11.9 Å². The van der Waals surface area contributed by atoms with Crippen LogP contribution < -0.4 is 5.32 Å². The molecule has 1 saturated carbocycles. The van der Waals surface area contributed by atoms with E-state index in [4.69, 9.17) is 0 Å². The van der Waals surface area contributed by atoms with Crippen LogP contribution in [0.1, 0.15) is 47.9 Å². The molecular formula is C18H19FIN. The lowest BCUT2D eigenvalue weighted by molar-refractivity contribution is 0.419. The standard InChI is InChI=1S/C18H19FIN/c1-21-18(16-9-8-15(19)11-17(16)20)14-7-3-6-13(10-14)12-4-2-5-12/h3,6-12,18,21H,2,4-5H2,1H3. The Bertz CT molecular complexity index is 637. The van der Waals surface area contributed by atoms with Crippen LogP contribution in [0.25, 0.3) is 0 Å². The molecule has 1 nitrogen and oxygen atoms in total. The summed E-state index contributed by atoms with van der Waals surface area (Å²) in [6, 6.07) is 14.0. The first kappa shape index (κ1) is 15.0. The highest BCUT2D eigenvalue weighted by Gasteiger charge is 2.21. The summed E-state index contributed by atoms with van der Waals surface area (Å²) >= 11 is 2.21. The fraction of sp³-hybridized carbons (Fsp3) is 0.333. The molecule has 1 fully saturated rings. The van der Waals surface area contributed by atoms with Crippen LogP contribution in [0.2, 0.25) is 0 Å². The van der Waals surface area contributed by atoms with Crippen LogP contribution in [0.15, 0.2) is 42.5 Å². The third-order valence-electron chi connectivity index (χ3n) is 4.38. The number of rotatable bonds is 4. The predicted molar refractivity (Wildman–Crippen MR) is 93.1 cm³/mol. The van der Waals surface area contributed by atoms with Gasteiger partial charge in [0.1, 0.15) is 5.82 Å². The zero-order valence-electron chi connectivity index (χ0n) is 12.1. The molecule has 1 aliphatic carbocycles. The molecule has 0 saturated heterocycles. The summed E-state index contributed by atoms with van der Waals surface area (Å²) in [6.07, 6.45) is 3.96. The van der Waals surface area contributed by atoms with E-state index in [0.29, 0.717) is 0 Å². The van der Waals surface area contributed by atoms with Gasteiger partial charge in [0.15, 0.2) is 0 Å². The second-order valence-corrected chi connectivity index (χ2v) is 6.85. The summed E-state index contributed by atoms with van der Waals surface area (Å²) in [6.45, 7) is 0. The molecule has 0 heterocycles. The normalized spacial score (nSPS) is 16.5. The lowest BCUT2D eigenvalue weighted by Gasteiger charge is -2.27. The molecule has 2 aromatic carbocycles. The summed E-state index contributed by atoms with van der Waals surface area (Å²) in [7, 11) is 1.96. The lowest BCUT2D eigenvalue weighted by Crippen LogP contribution is -2.19. The van der Waals surface area contributed by atoms with Crippen molar-refractivity contribution in [3.63, 3.8) is 0 Å². The first-order valence-corrected chi connectivity index (χ1v) is 8.49. The molecule has 1 aliphatic rings. The van der Waals surface area contributed by atoms with Gasteiger partial charge in [0, 0.05) is 3.57 Å². The Balaban J connectivity index is 1.95. The maximum absolute atomic E-state index is 13.3. The molecule has 2 aromatic rings. The van der Waals surface area contributed by atoms with Crippen LogP contribution in [-0.4, -0.2) is 7.05 Å². The molecule has 0 bridgehead atoms. The van der Waals surface area contributed by atoms with Crippen molar-refractivity contribution in [3.05, 3.63) is 68.5 Å². The minimum absolute atomic E-state index is 0.109. The predicted octanol–water partition coefficient (Wildman–Crippen LogP) is 5.01. The second kappa shape index (κ2) is 6.44. The third-order valence-corrected chi connectivity index (χ3v) is 5.32. The summed E-state index contributed by atoms with van der Waals surface area (Å²) < 4.78 is 14.3.